The molecule has 0 spiro atoms. The van der Waals surface area contributed by atoms with E-state index in [2.05, 4.69) is 4.72 Å². The van der Waals surface area contributed by atoms with Crippen LogP contribution >= 0.6 is 0 Å². The molecule has 0 aromatic heterocycles. The van der Waals surface area contributed by atoms with Crippen LogP contribution in [0.1, 0.15) is 43.0 Å². The van der Waals surface area contributed by atoms with Gasteiger partial charge in [0, 0.05) is 12.5 Å². The molecular formula is C21H27NO4S. The molecule has 0 fully saturated rings. The molecule has 1 heterocycles. The van der Waals surface area contributed by atoms with Gasteiger partial charge < -0.3 is 9.47 Å². The van der Waals surface area contributed by atoms with Gasteiger partial charge in [-0.2, -0.15) is 0 Å². The zero-order valence-electron chi connectivity index (χ0n) is 16.3. The molecule has 6 heteroatoms. The van der Waals surface area contributed by atoms with Crippen molar-refractivity contribution in [3.63, 3.8) is 0 Å². The third kappa shape index (κ3) is 4.45. The zero-order chi connectivity index (χ0) is 19.6. The van der Waals surface area contributed by atoms with Crippen molar-refractivity contribution in [1.82, 2.24) is 4.72 Å². The van der Waals surface area contributed by atoms with Gasteiger partial charge in [-0.15, -0.1) is 0 Å². The third-order valence-electron chi connectivity index (χ3n) is 4.87. The molecule has 2 aromatic carbocycles. The summed E-state index contributed by atoms with van der Waals surface area (Å²) >= 11 is 0. The van der Waals surface area contributed by atoms with Crippen molar-refractivity contribution in [1.29, 1.82) is 0 Å². The quantitative estimate of drug-likeness (QED) is 0.835. The summed E-state index contributed by atoms with van der Waals surface area (Å²) in [7, 11) is -3.64. The van der Waals surface area contributed by atoms with Crippen molar-refractivity contribution in [2.45, 2.75) is 45.1 Å². The molecule has 0 saturated carbocycles. The van der Waals surface area contributed by atoms with Crippen LogP contribution < -0.4 is 14.2 Å². The van der Waals surface area contributed by atoms with Crippen LogP contribution in [-0.2, 0) is 10.0 Å². The highest BCUT2D eigenvalue weighted by molar-refractivity contribution is 7.89. The van der Waals surface area contributed by atoms with Crippen LogP contribution in [0, 0.1) is 19.8 Å². The minimum absolute atomic E-state index is 0.0658. The normalized spacial score (nSPS) is 15.4. The summed E-state index contributed by atoms with van der Waals surface area (Å²) in [5, 5.41) is 0. The molecule has 146 valence electrons. The summed E-state index contributed by atoms with van der Waals surface area (Å²) < 4.78 is 40.2. The number of aryl methyl sites for hydroxylation is 2. The first-order valence-electron chi connectivity index (χ1n) is 9.27. The number of hydrogen-bond acceptors (Lipinski definition) is 4. The van der Waals surface area contributed by atoms with Crippen molar-refractivity contribution in [2.24, 2.45) is 5.92 Å². The number of hydrogen-bond donors (Lipinski definition) is 1. The molecule has 0 aliphatic carbocycles. The number of fused-ring (bicyclic) bond motifs is 1. The Morgan fingerprint density at radius 3 is 2.30 bits per heavy atom. The predicted octanol–water partition coefficient (Wildman–Crippen LogP) is 4.14. The van der Waals surface area contributed by atoms with E-state index in [1.54, 1.807) is 12.1 Å². The first kappa shape index (κ1) is 19.7. The van der Waals surface area contributed by atoms with E-state index in [0.29, 0.717) is 24.7 Å². The van der Waals surface area contributed by atoms with Crippen molar-refractivity contribution < 1.29 is 17.9 Å². The topological polar surface area (TPSA) is 64.6 Å². The lowest BCUT2D eigenvalue weighted by Crippen LogP contribution is -2.32. The Labute approximate surface area is 161 Å². The summed E-state index contributed by atoms with van der Waals surface area (Å²) in [5.41, 5.74) is 2.88. The number of sulfonamides is 1. The maximum Gasteiger partial charge on any atom is 0.241 e. The zero-order valence-corrected chi connectivity index (χ0v) is 17.1. The van der Waals surface area contributed by atoms with Crippen molar-refractivity contribution >= 4 is 10.0 Å². The summed E-state index contributed by atoms with van der Waals surface area (Å²) in [5.74, 6) is 1.44. The first-order valence-corrected chi connectivity index (χ1v) is 10.8. The molecule has 2 aromatic rings. The van der Waals surface area contributed by atoms with Crippen molar-refractivity contribution in [3.05, 3.63) is 53.1 Å². The largest absolute Gasteiger partial charge is 0.490 e. The molecule has 0 radical (unpaired) electrons. The highest BCUT2D eigenvalue weighted by Gasteiger charge is 2.25. The number of ether oxygens (including phenoxy) is 2. The Morgan fingerprint density at radius 2 is 1.63 bits per heavy atom. The molecule has 1 aliphatic rings. The van der Waals surface area contributed by atoms with Crippen molar-refractivity contribution in [3.8, 4) is 11.5 Å². The van der Waals surface area contributed by atoms with Gasteiger partial charge in [-0.1, -0.05) is 26.0 Å². The van der Waals surface area contributed by atoms with E-state index in [0.717, 1.165) is 23.1 Å². The molecule has 1 N–H and O–H groups in total. The number of benzene rings is 2. The molecule has 0 amide bonds. The standard InChI is InChI=1S/C21H27NO4S/c1-14(2)21(17-7-9-19-20(13-17)26-11-5-10-25-19)22-27(23,24)18-8-6-15(3)16(4)12-18/h6-9,12-14,21-22H,5,10-11H2,1-4H3/t21-/m0/s1. The summed E-state index contributed by atoms with van der Waals surface area (Å²) in [6, 6.07) is 10.5. The lowest BCUT2D eigenvalue weighted by molar-refractivity contribution is 0.297. The van der Waals surface area contributed by atoms with Crippen LogP contribution in [0.2, 0.25) is 0 Å². The molecule has 0 saturated heterocycles. The molecule has 1 aliphatic heterocycles. The second-order valence-corrected chi connectivity index (χ2v) is 9.06. The Bertz CT molecular complexity index is 922. The van der Waals surface area contributed by atoms with Crippen LogP contribution in [0.15, 0.2) is 41.3 Å². The Balaban J connectivity index is 1.92. The molecule has 1 atom stereocenters. The van der Waals surface area contributed by atoms with E-state index in [1.807, 2.05) is 52.0 Å². The second-order valence-electron chi connectivity index (χ2n) is 7.35. The van der Waals surface area contributed by atoms with Crippen LogP contribution in [-0.4, -0.2) is 21.6 Å². The lowest BCUT2D eigenvalue weighted by atomic mass is 9.97. The average Bonchev–Trinajstić information content (AvgIpc) is 2.86. The van der Waals surface area contributed by atoms with Crippen LogP contribution in [0.25, 0.3) is 0 Å². The number of nitrogens with one attached hydrogen (secondary N) is 1. The van der Waals surface area contributed by atoms with E-state index in [4.69, 9.17) is 9.47 Å². The van der Waals surface area contributed by atoms with Crippen molar-refractivity contribution in [2.75, 3.05) is 13.2 Å². The molecule has 3 rings (SSSR count). The van der Waals surface area contributed by atoms with Crippen LogP contribution in [0.4, 0.5) is 0 Å². The fourth-order valence-corrected chi connectivity index (χ4v) is 4.54. The van der Waals surface area contributed by atoms with Gasteiger partial charge in [-0.3, -0.25) is 0 Å². The smallest absolute Gasteiger partial charge is 0.241 e. The van der Waals surface area contributed by atoms with Crippen LogP contribution in [0.3, 0.4) is 0 Å². The van der Waals surface area contributed by atoms with Gasteiger partial charge >= 0.3 is 0 Å². The van der Waals surface area contributed by atoms with Gasteiger partial charge in [0.2, 0.25) is 10.0 Å². The highest BCUT2D eigenvalue weighted by atomic mass is 32.2. The van der Waals surface area contributed by atoms with E-state index >= 15 is 0 Å². The summed E-state index contributed by atoms with van der Waals surface area (Å²) in [6.07, 6.45) is 0.830. The van der Waals surface area contributed by atoms with E-state index in [-0.39, 0.29) is 16.9 Å². The second kappa shape index (κ2) is 7.90. The van der Waals surface area contributed by atoms with E-state index < -0.39 is 10.0 Å². The number of rotatable bonds is 5. The highest BCUT2D eigenvalue weighted by Crippen LogP contribution is 2.34. The van der Waals surface area contributed by atoms with Gasteiger partial charge in [0.1, 0.15) is 0 Å². The van der Waals surface area contributed by atoms with E-state index in [9.17, 15) is 8.42 Å². The predicted molar refractivity (Wildman–Crippen MR) is 106 cm³/mol. The Kier molecular flexibility index (Phi) is 5.77. The monoisotopic (exact) mass is 389 g/mol. The maximum absolute atomic E-state index is 13.0. The van der Waals surface area contributed by atoms with Gasteiger partial charge in [0.05, 0.1) is 18.1 Å². The van der Waals surface area contributed by atoms with Gasteiger partial charge in [0.25, 0.3) is 0 Å². The third-order valence-corrected chi connectivity index (χ3v) is 6.31. The Hall–Kier alpha value is -2.05. The van der Waals surface area contributed by atoms with Gasteiger partial charge in [-0.25, -0.2) is 13.1 Å². The summed E-state index contributed by atoms with van der Waals surface area (Å²) in [4.78, 5) is 0.283. The first-order chi connectivity index (χ1) is 12.8. The minimum atomic E-state index is -3.64. The molecular weight excluding hydrogens is 362 g/mol. The van der Waals surface area contributed by atoms with E-state index in [1.165, 1.54) is 0 Å². The molecule has 27 heavy (non-hydrogen) atoms. The SMILES string of the molecule is Cc1ccc(S(=O)(=O)N[C@H](c2ccc3c(c2)OCCCO3)C(C)C)cc1C. The molecule has 0 unspecified atom stereocenters. The van der Waals surface area contributed by atoms with Gasteiger partial charge in [-0.05, 0) is 60.7 Å². The van der Waals surface area contributed by atoms with Gasteiger partial charge in [0.15, 0.2) is 11.5 Å². The maximum atomic E-state index is 13.0. The average molecular weight is 390 g/mol. The van der Waals surface area contributed by atoms with Crippen LogP contribution in [0.5, 0.6) is 11.5 Å². The Morgan fingerprint density at radius 1 is 0.926 bits per heavy atom. The summed E-state index contributed by atoms with van der Waals surface area (Å²) in [6.45, 7) is 9.09. The lowest BCUT2D eigenvalue weighted by Gasteiger charge is -2.24. The molecule has 5 nitrogen and oxygen atoms in total. The fourth-order valence-electron chi connectivity index (χ4n) is 3.08. The fraction of sp³-hybridized carbons (Fsp3) is 0.429. The minimum Gasteiger partial charge on any atom is -0.490 e. The molecule has 0 bridgehead atoms.